The van der Waals surface area contributed by atoms with Gasteiger partial charge in [0.05, 0.1) is 12.5 Å². The van der Waals surface area contributed by atoms with Crippen LogP contribution >= 0.6 is 0 Å². The predicted octanol–water partition coefficient (Wildman–Crippen LogP) is 0.687. The van der Waals surface area contributed by atoms with Crippen LogP contribution in [0.25, 0.3) is 0 Å². The summed E-state index contributed by atoms with van der Waals surface area (Å²) in [5, 5.41) is 11.5. The summed E-state index contributed by atoms with van der Waals surface area (Å²) in [6, 6.07) is 1.79. The zero-order chi connectivity index (χ0) is 12.0. The van der Waals surface area contributed by atoms with Gasteiger partial charge in [-0.15, -0.1) is 0 Å². The van der Waals surface area contributed by atoms with E-state index in [9.17, 15) is 4.79 Å². The number of hydrogen-bond donors (Lipinski definition) is 2. The fourth-order valence-corrected chi connectivity index (χ4v) is 1.17. The van der Waals surface area contributed by atoms with Gasteiger partial charge in [0.2, 0.25) is 5.95 Å². The lowest BCUT2D eigenvalue weighted by Crippen LogP contribution is -2.25. The second kappa shape index (κ2) is 6.02. The van der Waals surface area contributed by atoms with Gasteiger partial charge in [-0.1, -0.05) is 0 Å². The minimum Gasteiger partial charge on any atom is -0.481 e. The van der Waals surface area contributed by atoms with Crippen molar-refractivity contribution in [3.05, 3.63) is 18.0 Å². The molecule has 0 amide bonds. The Hall–Kier alpha value is -1.69. The molecule has 1 aromatic rings. The molecule has 0 aliphatic rings. The number of anilines is 1. The number of nitrogens with one attached hydrogen (secondary N) is 1. The highest BCUT2D eigenvalue weighted by atomic mass is 16.5. The SMILES string of the molecule is COC(CNc1nccc(C)n1)CC(=O)O. The quantitative estimate of drug-likeness (QED) is 0.740. The molecule has 16 heavy (non-hydrogen) atoms. The van der Waals surface area contributed by atoms with Gasteiger partial charge in [-0.25, -0.2) is 9.97 Å². The molecule has 0 fully saturated rings. The third kappa shape index (κ3) is 4.22. The Bertz CT molecular complexity index is 357. The summed E-state index contributed by atoms with van der Waals surface area (Å²) in [5.41, 5.74) is 0.852. The number of methoxy groups -OCH3 is 1. The lowest BCUT2D eigenvalue weighted by molar-refractivity contribution is -0.139. The van der Waals surface area contributed by atoms with Gasteiger partial charge in [-0.2, -0.15) is 0 Å². The monoisotopic (exact) mass is 225 g/mol. The normalized spacial score (nSPS) is 12.1. The van der Waals surface area contributed by atoms with Crippen molar-refractivity contribution in [1.29, 1.82) is 0 Å². The number of aliphatic carboxylic acids is 1. The third-order valence-corrected chi connectivity index (χ3v) is 2.02. The number of aromatic nitrogens is 2. The van der Waals surface area contributed by atoms with Crippen LogP contribution in [0.2, 0.25) is 0 Å². The summed E-state index contributed by atoms with van der Waals surface area (Å²) in [7, 11) is 1.48. The largest absolute Gasteiger partial charge is 0.481 e. The fourth-order valence-electron chi connectivity index (χ4n) is 1.17. The fraction of sp³-hybridized carbons (Fsp3) is 0.500. The van der Waals surface area contributed by atoms with E-state index >= 15 is 0 Å². The van der Waals surface area contributed by atoms with Crippen molar-refractivity contribution in [2.75, 3.05) is 19.0 Å². The van der Waals surface area contributed by atoms with Crippen LogP contribution in [0, 0.1) is 6.92 Å². The Kier molecular flexibility index (Phi) is 4.65. The highest BCUT2D eigenvalue weighted by molar-refractivity contribution is 5.67. The summed E-state index contributed by atoms with van der Waals surface area (Å²) in [4.78, 5) is 18.6. The van der Waals surface area contributed by atoms with Crippen molar-refractivity contribution >= 4 is 11.9 Å². The molecule has 1 aromatic heterocycles. The first-order chi connectivity index (χ1) is 7.61. The summed E-state index contributed by atoms with van der Waals surface area (Å²) >= 11 is 0. The van der Waals surface area contributed by atoms with E-state index in [1.54, 1.807) is 12.3 Å². The maximum absolute atomic E-state index is 10.5. The van der Waals surface area contributed by atoms with E-state index in [0.29, 0.717) is 12.5 Å². The number of ether oxygens (including phenoxy) is 1. The van der Waals surface area contributed by atoms with Gasteiger partial charge < -0.3 is 15.2 Å². The van der Waals surface area contributed by atoms with E-state index < -0.39 is 5.97 Å². The maximum atomic E-state index is 10.5. The molecule has 0 bridgehead atoms. The molecule has 0 saturated heterocycles. The van der Waals surface area contributed by atoms with Crippen molar-refractivity contribution in [3.8, 4) is 0 Å². The van der Waals surface area contributed by atoms with Crippen LogP contribution < -0.4 is 5.32 Å². The van der Waals surface area contributed by atoms with Gasteiger partial charge in [-0.3, -0.25) is 4.79 Å². The van der Waals surface area contributed by atoms with Gasteiger partial charge in [0, 0.05) is 25.5 Å². The van der Waals surface area contributed by atoms with Crippen molar-refractivity contribution in [3.63, 3.8) is 0 Å². The molecule has 0 spiro atoms. The van der Waals surface area contributed by atoms with Gasteiger partial charge in [0.25, 0.3) is 0 Å². The third-order valence-electron chi connectivity index (χ3n) is 2.02. The summed E-state index contributed by atoms with van der Waals surface area (Å²) < 4.78 is 5.01. The molecular weight excluding hydrogens is 210 g/mol. The van der Waals surface area contributed by atoms with E-state index in [1.807, 2.05) is 6.92 Å². The number of carboxylic acids is 1. The molecular formula is C10H15N3O3. The van der Waals surface area contributed by atoms with Crippen LogP contribution in [-0.2, 0) is 9.53 Å². The molecule has 6 heteroatoms. The lowest BCUT2D eigenvalue weighted by Gasteiger charge is -2.13. The molecule has 0 aromatic carbocycles. The highest BCUT2D eigenvalue weighted by Gasteiger charge is 2.12. The average Bonchev–Trinajstić information content (AvgIpc) is 2.24. The van der Waals surface area contributed by atoms with Crippen LogP contribution in [0.15, 0.2) is 12.3 Å². The number of nitrogens with zero attached hydrogens (tertiary/aromatic N) is 2. The molecule has 1 rings (SSSR count). The van der Waals surface area contributed by atoms with Gasteiger partial charge >= 0.3 is 5.97 Å². The first kappa shape index (κ1) is 12.4. The number of carbonyl (C=O) groups is 1. The van der Waals surface area contributed by atoms with Crippen LogP contribution in [0.1, 0.15) is 12.1 Å². The van der Waals surface area contributed by atoms with Crippen molar-refractivity contribution in [2.24, 2.45) is 0 Å². The van der Waals surface area contributed by atoms with Crippen LogP contribution in [-0.4, -0.2) is 40.8 Å². The lowest BCUT2D eigenvalue weighted by atomic mass is 10.2. The van der Waals surface area contributed by atoms with Gasteiger partial charge in [0.1, 0.15) is 0 Å². The number of carboxylic acid groups (broad SMARTS) is 1. The minimum absolute atomic E-state index is 0.0463. The second-order valence-electron chi connectivity index (χ2n) is 3.36. The predicted molar refractivity (Wildman–Crippen MR) is 58.3 cm³/mol. The Morgan fingerprint density at radius 2 is 2.44 bits per heavy atom. The molecule has 0 aliphatic carbocycles. The first-order valence-electron chi connectivity index (χ1n) is 4.90. The Labute approximate surface area is 93.7 Å². The number of hydrogen-bond acceptors (Lipinski definition) is 5. The molecule has 1 atom stereocenters. The smallest absolute Gasteiger partial charge is 0.306 e. The van der Waals surface area contributed by atoms with E-state index in [-0.39, 0.29) is 12.5 Å². The van der Waals surface area contributed by atoms with E-state index in [2.05, 4.69) is 15.3 Å². The first-order valence-corrected chi connectivity index (χ1v) is 4.90. The summed E-state index contributed by atoms with van der Waals surface area (Å²) in [6.07, 6.45) is 1.21. The molecule has 0 aliphatic heterocycles. The number of aryl methyl sites for hydroxylation is 1. The van der Waals surface area contributed by atoms with Crippen molar-refractivity contribution in [1.82, 2.24) is 9.97 Å². The highest BCUT2D eigenvalue weighted by Crippen LogP contribution is 2.02. The molecule has 2 N–H and O–H groups in total. The molecule has 0 radical (unpaired) electrons. The Balaban J connectivity index is 2.46. The topological polar surface area (TPSA) is 84.3 Å². The molecule has 1 unspecified atom stereocenters. The van der Waals surface area contributed by atoms with Crippen LogP contribution in [0.3, 0.4) is 0 Å². The van der Waals surface area contributed by atoms with Gasteiger partial charge in [0.15, 0.2) is 0 Å². The average molecular weight is 225 g/mol. The Morgan fingerprint density at radius 1 is 1.69 bits per heavy atom. The summed E-state index contributed by atoms with van der Waals surface area (Å²) in [6.45, 7) is 2.23. The molecule has 6 nitrogen and oxygen atoms in total. The van der Waals surface area contributed by atoms with E-state index in [1.165, 1.54) is 7.11 Å². The van der Waals surface area contributed by atoms with Crippen LogP contribution in [0.5, 0.6) is 0 Å². The van der Waals surface area contributed by atoms with Crippen LogP contribution in [0.4, 0.5) is 5.95 Å². The van der Waals surface area contributed by atoms with Gasteiger partial charge in [-0.05, 0) is 13.0 Å². The standard InChI is InChI=1S/C10H15N3O3/c1-7-3-4-11-10(13-7)12-6-8(16-2)5-9(14)15/h3-4,8H,5-6H2,1-2H3,(H,14,15)(H,11,12,13). The summed E-state index contributed by atoms with van der Waals surface area (Å²) in [5.74, 6) is -0.411. The molecule has 88 valence electrons. The zero-order valence-corrected chi connectivity index (χ0v) is 9.30. The Morgan fingerprint density at radius 3 is 3.00 bits per heavy atom. The second-order valence-corrected chi connectivity index (χ2v) is 3.36. The molecule has 0 saturated carbocycles. The zero-order valence-electron chi connectivity index (χ0n) is 9.30. The van der Waals surface area contributed by atoms with E-state index in [0.717, 1.165) is 5.69 Å². The van der Waals surface area contributed by atoms with Crippen molar-refractivity contribution < 1.29 is 14.6 Å². The van der Waals surface area contributed by atoms with E-state index in [4.69, 9.17) is 9.84 Å². The molecule has 1 heterocycles. The minimum atomic E-state index is -0.890. The van der Waals surface area contributed by atoms with Crippen molar-refractivity contribution in [2.45, 2.75) is 19.4 Å². The number of rotatable bonds is 6. The maximum Gasteiger partial charge on any atom is 0.306 e.